The van der Waals surface area contributed by atoms with Gasteiger partial charge in [0.1, 0.15) is 0 Å². The average Bonchev–Trinajstić information content (AvgIpc) is 2.27. The van der Waals surface area contributed by atoms with Crippen LogP contribution in [-0.2, 0) is 11.3 Å². The second kappa shape index (κ2) is 6.06. The first-order chi connectivity index (χ1) is 8.70. The van der Waals surface area contributed by atoms with Crippen LogP contribution in [0.5, 0.6) is 0 Å². The molecular weight excluding hydrogens is 259 g/mol. The number of carboxylic acid groups (broad SMARTS) is 1. The largest absolute Gasteiger partial charge is 0.481 e. The van der Waals surface area contributed by atoms with Gasteiger partial charge in [-0.15, -0.1) is 0 Å². The maximum Gasteiger partial charge on any atom is 0.403 e. The molecule has 0 radical (unpaired) electrons. The van der Waals surface area contributed by atoms with Crippen molar-refractivity contribution < 1.29 is 23.1 Å². The Kier molecular flexibility index (Phi) is 4.94. The summed E-state index contributed by atoms with van der Waals surface area (Å²) in [5.74, 6) is -4.20. The standard InChI is InChI=1S/C13H16F3NO2/c1-9-3-5-10(6-4-9)7-17(2)8-11(12(18)19)13(14,15)16/h3-6,11H,7-8H2,1-2H3,(H,18,19). The van der Waals surface area contributed by atoms with Crippen LogP contribution in [-0.4, -0.2) is 35.7 Å². The predicted octanol–water partition coefficient (Wildman–Crippen LogP) is 2.69. The Bertz CT molecular complexity index is 429. The van der Waals surface area contributed by atoms with Gasteiger partial charge >= 0.3 is 12.1 Å². The number of aryl methyl sites for hydroxylation is 1. The number of benzene rings is 1. The molecule has 19 heavy (non-hydrogen) atoms. The molecule has 106 valence electrons. The molecule has 1 rings (SSSR count). The highest BCUT2D eigenvalue weighted by molar-refractivity contribution is 5.71. The number of halogens is 3. The first-order valence-electron chi connectivity index (χ1n) is 5.73. The van der Waals surface area contributed by atoms with Gasteiger partial charge in [-0.2, -0.15) is 13.2 Å². The SMILES string of the molecule is Cc1ccc(CN(C)CC(C(=O)O)C(F)(F)F)cc1. The van der Waals surface area contributed by atoms with E-state index >= 15 is 0 Å². The molecule has 0 aromatic heterocycles. The van der Waals surface area contributed by atoms with Crippen LogP contribution in [0.3, 0.4) is 0 Å². The van der Waals surface area contributed by atoms with Gasteiger partial charge in [-0.1, -0.05) is 29.8 Å². The average molecular weight is 275 g/mol. The summed E-state index contributed by atoms with van der Waals surface area (Å²) in [5, 5.41) is 8.61. The smallest absolute Gasteiger partial charge is 0.403 e. The predicted molar refractivity (Wildman–Crippen MR) is 64.7 cm³/mol. The molecule has 1 N–H and O–H groups in total. The summed E-state index contributed by atoms with van der Waals surface area (Å²) in [6, 6.07) is 7.35. The Morgan fingerprint density at radius 2 is 1.84 bits per heavy atom. The zero-order valence-corrected chi connectivity index (χ0v) is 10.7. The van der Waals surface area contributed by atoms with E-state index in [0.29, 0.717) is 0 Å². The molecule has 3 nitrogen and oxygen atoms in total. The molecule has 0 fully saturated rings. The highest BCUT2D eigenvalue weighted by atomic mass is 19.4. The second-order valence-corrected chi connectivity index (χ2v) is 4.61. The van der Waals surface area contributed by atoms with Crippen molar-refractivity contribution in [2.75, 3.05) is 13.6 Å². The third-order valence-corrected chi connectivity index (χ3v) is 2.76. The molecular formula is C13H16F3NO2. The van der Waals surface area contributed by atoms with Gasteiger partial charge in [0.2, 0.25) is 0 Å². The van der Waals surface area contributed by atoms with Crippen molar-refractivity contribution in [1.29, 1.82) is 0 Å². The number of hydrogen-bond donors (Lipinski definition) is 1. The van der Waals surface area contributed by atoms with E-state index in [0.717, 1.165) is 11.1 Å². The molecule has 0 spiro atoms. The van der Waals surface area contributed by atoms with Crippen molar-refractivity contribution in [3.63, 3.8) is 0 Å². The van der Waals surface area contributed by atoms with Crippen LogP contribution in [0.4, 0.5) is 13.2 Å². The van der Waals surface area contributed by atoms with Gasteiger partial charge in [-0.3, -0.25) is 4.79 Å². The van der Waals surface area contributed by atoms with Crippen molar-refractivity contribution in [3.8, 4) is 0 Å². The van der Waals surface area contributed by atoms with E-state index in [2.05, 4.69) is 0 Å². The number of aliphatic carboxylic acids is 1. The van der Waals surface area contributed by atoms with E-state index in [1.165, 1.54) is 11.9 Å². The van der Waals surface area contributed by atoms with Gasteiger partial charge in [-0.05, 0) is 19.5 Å². The van der Waals surface area contributed by atoms with Gasteiger partial charge in [0.25, 0.3) is 0 Å². The molecule has 0 saturated carbocycles. The summed E-state index contributed by atoms with van der Waals surface area (Å²) >= 11 is 0. The van der Waals surface area contributed by atoms with E-state index in [-0.39, 0.29) is 6.54 Å². The van der Waals surface area contributed by atoms with E-state index in [1.54, 1.807) is 0 Å². The third kappa shape index (κ3) is 4.90. The summed E-state index contributed by atoms with van der Waals surface area (Å²) in [5.41, 5.74) is 1.91. The summed E-state index contributed by atoms with van der Waals surface area (Å²) in [6.07, 6.45) is -4.73. The van der Waals surface area contributed by atoms with Crippen molar-refractivity contribution in [1.82, 2.24) is 4.90 Å². The van der Waals surface area contributed by atoms with Crippen LogP contribution < -0.4 is 0 Å². The molecule has 0 aliphatic heterocycles. The van der Waals surface area contributed by atoms with Crippen LogP contribution in [0, 0.1) is 12.8 Å². The lowest BCUT2D eigenvalue weighted by Crippen LogP contribution is -2.39. The maximum absolute atomic E-state index is 12.5. The quantitative estimate of drug-likeness (QED) is 0.898. The summed E-state index contributed by atoms with van der Waals surface area (Å²) in [6.45, 7) is 1.63. The number of hydrogen-bond acceptors (Lipinski definition) is 2. The van der Waals surface area contributed by atoms with Crippen molar-refractivity contribution in [3.05, 3.63) is 35.4 Å². The molecule has 1 unspecified atom stereocenters. The molecule has 0 bridgehead atoms. The monoisotopic (exact) mass is 275 g/mol. The van der Waals surface area contributed by atoms with Crippen LogP contribution in [0.25, 0.3) is 0 Å². The molecule has 0 amide bonds. The minimum atomic E-state index is -4.73. The fourth-order valence-corrected chi connectivity index (χ4v) is 1.70. The van der Waals surface area contributed by atoms with Crippen LogP contribution in [0.1, 0.15) is 11.1 Å². The highest BCUT2D eigenvalue weighted by Crippen LogP contribution is 2.27. The van der Waals surface area contributed by atoms with E-state index in [4.69, 9.17) is 5.11 Å². The second-order valence-electron chi connectivity index (χ2n) is 4.61. The lowest BCUT2D eigenvalue weighted by molar-refractivity contribution is -0.196. The zero-order chi connectivity index (χ0) is 14.6. The minimum Gasteiger partial charge on any atom is -0.481 e. The lowest BCUT2D eigenvalue weighted by atomic mass is 10.1. The Hall–Kier alpha value is -1.56. The molecule has 1 atom stereocenters. The van der Waals surface area contributed by atoms with Gasteiger partial charge < -0.3 is 10.0 Å². The number of carboxylic acids is 1. The summed E-state index contributed by atoms with van der Waals surface area (Å²) in [4.78, 5) is 12.0. The molecule has 0 aliphatic rings. The Balaban J connectivity index is 2.65. The molecule has 0 saturated heterocycles. The molecule has 0 heterocycles. The molecule has 6 heteroatoms. The fraction of sp³-hybridized carbons (Fsp3) is 0.462. The number of carbonyl (C=O) groups is 1. The van der Waals surface area contributed by atoms with Crippen LogP contribution >= 0.6 is 0 Å². The van der Waals surface area contributed by atoms with Gasteiger partial charge in [0, 0.05) is 13.1 Å². The first-order valence-corrected chi connectivity index (χ1v) is 5.73. The zero-order valence-electron chi connectivity index (χ0n) is 10.7. The van der Waals surface area contributed by atoms with E-state index in [1.807, 2.05) is 31.2 Å². The molecule has 0 aliphatic carbocycles. The number of rotatable bonds is 5. The number of nitrogens with zero attached hydrogens (tertiary/aromatic N) is 1. The Morgan fingerprint density at radius 1 is 1.32 bits per heavy atom. The van der Waals surface area contributed by atoms with Crippen LogP contribution in [0.2, 0.25) is 0 Å². The highest BCUT2D eigenvalue weighted by Gasteiger charge is 2.45. The Labute approximate surface area is 109 Å². The molecule has 1 aromatic carbocycles. The van der Waals surface area contributed by atoms with Crippen molar-refractivity contribution in [2.45, 2.75) is 19.6 Å². The number of alkyl halides is 3. The summed E-state index contributed by atoms with van der Waals surface area (Å²) in [7, 11) is 1.47. The van der Waals surface area contributed by atoms with E-state index < -0.39 is 24.6 Å². The van der Waals surface area contributed by atoms with E-state index in [9.17, 15) is 18.0 Å². The lowest BCUT2D eigenvalue weighted by Gasteiger charge is -2.23. The normalized spacial score (nSPS) is 13.6. The van der Waals surface area contributed by atoms with Gasteiger partial charge in [-0.25, -0.2) is 0 Å². The van der Waals surface area contributed by atoms with Gasteiger partial charge in [0.05, 0.1) is 0 Å². The van der Waals surface area contributed by atoms with Crippen LogP contribution in [0.15, 0.2) is 24.3 Å². The van der Waals surface area contributed by atoms with Crippen molar-refractivity contribution in [2.24, 2.45) is 5.92 Å². The minimum absolute atomic E-state index is 0.278. The summed E-state index contributed by atoms with van der Waals surface area (Å²) < 4.78 is 37.5. The fourth-order valence-electron chi connectivity index (χ4n) is 1.70. The maximum atomic E-state index is 12.5. The topological polar surface area (TPSA) is 40.5 Å². The van der Waals surface area contributed by atoms with Gasteiger partial charge in [0.15, 0.2) is 5.92 Å². The Morgan fingerprint density at radius 3 is 2.26 bits per heavy atom. The first kappa shape index (κ1) is 15.5. The third-order valence-electron chi connectivity index (χ3n) is 2.76. The van der Waals surface area contributed by atoms with Crippen molar-refractivity contribution >= 4 is 5.97 Å². The molecule has 1 aromatic rings.